The van der Waals surface area contributed by atoms with Gasteiger partial charge in [-0.3, -0.25) is 0 Å². The maximum atomic E-state index is 10.9. The van der Waals surface area contributed by atoms with E-state index in [0.29, 0.717) is 13.2 Å². The van der Waals surface area contributed by atoms with Crippen molar-refractivity contribution in [3.63, 3.8) is 0 Å². The van der Waals surface area contributed by atoms with Gasteiger partial charge in [-0.15, -0.1) is 0 Å². The van der Waals surface area contributed by atoms with Crippen molar-refractivity contribution in [2.75, 3.05) is 19.7 Å². The van der Waals surface area contributed by atoms with Crippen LogP contribution in [-0.4, -0.2) is 31.8 Å². The zero-order valence-corrected chi connectivity index (χ0v) is 8.02. The highest BCUT2D eigenvalue weighted by Crippen LogP contribution is 1.81. The zero-order chi connectivity index (χ0) is 9.40. The number of hydrogen-bond acceptors (Lipinski definition) is 3. The fourth-order valence-corrected chi connectivity index (χ4v) is 0.670. The minimum Gasteiger partial charge on any atom is -0.448 e. The van der Waals surface area contributed by atoms with Crippen LogP contribution in [-0.2, 0) is 4.74 Å². The van der Waals surface area contributed by atoms with E-state index in [2.05, 4.69) is 10.6 Å². The topological polar surface area (TPSA) is 50.4 Å². The van der Waals surface area contributed by atoms with E-state index in [1.54, 1.807) is 0 Å². The summed E-state index contributed by atoms with van der Waals surface area (Å²) in [5.41, 5.74) is 0. The van der Waals surface area contributed by atoms with Crippen molar-refractivity contribution in [2.24, 2.45) is 0 Å². The fraction of sp³-hybridized carbons (Fsp3) is 0.875. The van der Waals surface area contributed by atoms with Gasteiger partial charge in [0.05, 0.1) is 0 Å². The van der Waals surface area contributed by atoms with Crippen molar-refractivity contribution in [3.8, 4) is 0 Å². The molecule has 0 radical (unpaired) electrons. The summed E-state index contributed by atoms with van der Waals surface area (Å²) >= 11 is 0. The van der Waals surface area contributed by atoms with Crippen LogP contribution in [0.2, 0.25) is 0 Å². The number of ether oxygens (including phenoxy) is 1. The van der Waals surface area contributed by atoms with E-state index in [1.165, 1.54) is 0 Å². The Morgan fingerprint density at radius 2 is 2.17 bits per heavy atom. The monoisotopic (exact) mass is 174 g/mol. The summed E-state index contributed by atoms with van der Waals surface area (Å²) in [6.07, 6.45) is -0.345. The van der Waals surface area contributed by atoms with Crippen LogP contribution in [0, 0.1) is 0 Å². The minimum absolute atomic E-state index is 0.136. The average molecular weight is 174 g/mol. The van der Waals surface area contributed by atoms with Gasteiger partial charge in [0.2, 0.25) is 0 Å². The lowest BCUT2D eigenvalue weighted by Crippen LogP contribution is -2.32. The zero-order valence-electron chi connectivity index (χ0n) is 8.02. The molecule has 0 spiro atoms. The Bertz CT molecular complexity index is 126. The van der Waals surface area contributed by atoms with Crippen molar-refractivity contribution >= 4 is 6.09 Å². The summed E-state index contributed by atoms with van der Waals surface area (Å²) in [5, 5.41) is 5.68. The van der Waals surface area contributed by atoms with E-state index >= 15 is 0 Å². The maximum absolute atomic E-state index is 10.9. The van der Waals surface area contributed by atoms with E-state index in [-0.39, 0.29) is 12.1 Å². The fourth-order valence-electron chi connectivity index (χ4n) is 0.670. The van der Waals surface area contributed by atoms with E-state index in [1.807, 2.05) is 20.8 Å². The highest BCUT2D eigenvalue weighted by atomic mass is 16.5. The van der Waals surface area contributed by atoms with Crippen LogP contribution in [0.5, 0.6) is 0 Å². The Morgan fingerprint density at radius 3 is 2.67 bits per heavy atom. The molecule has 2 N–H and O–H groups in total. The van der Waals surface area contributed by atoms with Gasteiger partial charge in [-0.25, -0.2) is 4.79 Å². The smallest absolute Gasteiger partial charge is 0.407 e. The van der Waals surface area contributed by atoms with Gasteiger partial charge in [0.15, 0.2) is 0 Å². The SMILES string of the molecule is CCNCCOC(=O)NC(C)C. The second-order valence-electron chi connectivity index (χ2n) is 2.79. The molecule has 0 aliphatic rings. The number of hydrogen-bond donors (Lipinski definition) is 2. The molecule has 0 atom stereocenters. The highest BCUT2D eigenvalue weighted by Gasteiger charge is 2.01. The van der Waals surface area contributed by atoms with Gasteiger partial charge in [-0.1, -0.05) is 6.92 Å². The second-order valence-corrected chi connectivity index (χ2v) is 2.79. The van der Waals surface area contributed by atoms with Crippen molar-refractivity contribution in [1.29, 1.82) is 0 Å². The molecule has 4 nitrogen and oxygen atoms in total. The first-order valence-electron chi connectivity index (χ1n) is 4.30. The number of amides is 1. The van der Waals surface area contributed by atoms with Crippen LogP contribution in [0.1, 0.15) is 20.8 Å². The van der Waals surface area contributed by atoms with Gasteiger partial charge in [-0.2, -0.15) is 0 Å². The quantitative estimate of drug-likeness (QED) is 0.604. The van der Waals surface area contributed by atoms with Crippen molar-refractivity contribution in [3.05, 3.63) is 0 Å². The first kappa shape index (κ1) is 11.2. The molecule has 4 heteroatoms. The van der Waals surface area contributed by atoms with E-state index in [0.717, 1.165) is 6.54 Å². The highest BCUT2D eigenvalue weighted by molar-refractivity contribution is 5.67. The maximum Gasteiger partial charge on any atom is 0.407 e. The molecule has 12 heavy (non-hydrogen) atoms. The van der Waals surface area contributed by atoms with Crippen LogP contribution in [0.4, 0.5) is 4.79 Å². The Balaban J connectivity index is 3.20. The van der Waals surface area contributed by atoms with Gasteiger partial charge in [-0.05, 0) is 20.4 Å². The normalized spacial score (nSPS) is 10.0. The molecule has 0 aromatic rings. The van der Waals surface area contributed by atoms with Crippen LogP contribution < -0.4 is 10.6 Å². The molecule has 0 heterocycles. The van der Waals surface area contributed by atoms with Gasteiger partial charge >= 0.3 is 6.09 Å². The van der Waals surface area contributed by atoms with Crippen molar-refractivity contribution < 1.29 is 9.53 Å². The largest absolute Gasteiger partial charge is 0.448 e. The molecule has 0 bridgehead atoms. The van der Waals surface area contributed by atoms with Crippen LogP contribution >= 0.6 is 0 Å². The average Bonchev–Trinajstić information content (AvgIpc) is 1.97. The Hall–Kier alpha value is -0.770. The summed E-state index contributed by atoms with van der Waals surface area (Å²) in [5.74, 6) is 0. The molecule has 0 aliphatic carbocycles. The Morgan fingerprint density at radius 1 is 1.50 bits per heavy atom. The third-order valence-electron chi connectivity index (χ3n) is 1.17. The number of nitrogens with one attached hydrogen (secondary N) is 2. The molecule has 1 amide bonds. The number of rotatable bonds is 5. The van der Waals surface area contributed by atoms with Crippen LogP contribution in [0.3, 0.4) is 0 Å². The molecule has 0 saturated carbocycles. The lowest BCUT2D eigenvalue weighted by Gasteiger charge is -2.08. The van der Waals surface area contributed by atoms with E-state index < -0.39 is 0 Å². The predicted molar refractivity (Wildman–Crippen MR) is 48.2 cm³/mol. The number of carbonyl (C=O) groups excluding carboxylic acids is 1. The molecular weight excluding hydrogens is 156 g/mol. The molecule has 72 valence electrons. The standard InChI is InChI=1S/C8H18N2O2/c1-4-9-5-6-12-8(11)10-7(2)3/h7,9H,4-6H2,1-3H3,(H,10,11). The number of likely N-dealkylation sites (N-methyl/N-ethyl adjacent to an activating group) is 1. The van der Waals surface area contributed by atoms with Gasteiger partial charge in [0.1, 0.15) is 6.61 Å². The molecule has 0 aromatic carbocycles. The number of carbonyl (C=O) groups is 1. The lowest BCUT2D eigenvalue weighted by atomic mass is 10.4. The molecule has 0 aliphatic heterocycles. The van der Waals surface area contributed by atoms with Crippen molar-refractivity contribution in [1.82, 2.24) is 10.6 Å². The summed E-state index contributed by atoms with van der Waals surface area (Å²) < 4.78 is 4.84. The summed E-state index contributed by atoms with van der Waals surface area (Å²) in [6.45, 7) is 7.83. The van der Waals surface area contributed by atoms with E-state index in [9.17, 15) is 4.79 Å². The molecule has 0 aromatic heterocycles. The first-order valence-corrected chi connectivity index (χ1v) is 4.30. The first-order chi connectivity index (χ1) is 5.66. The summed E-state index contributed by atoms with van der Waals surface area (Å²) in [4.78, 5) is 10.9. The lowest BCUT2D eigenvalue weighted by molar-refractivity contribution is 0.144. The Labute approximate surface area is 73.7 Å². The van der Waals surface area contributed by atoms with Gasteiger partial charge in [0.25, 0.3) is 0 Å². The van der Waals surface area contributed by atoms with Crippen LogP contribution in [0.15, 0.2) is 0 Å². The van der Waals surface area contributed by atoms with Crippen molar-refractivity contribution in [2.45, 2.75) is 26.8 Å². The van der Waals surface area contributed by atoms with Gasteiger partial charge < -0.3 is 15.4 Å². The molecule has 0 rings (SSSR count). The predicted octanol–water partition coefficient (Wildman–Crippen LogP) is 0.730. The van der Waals surface area contributed by atoms with E-state index in [4.69, 9.17) is 4.74 Å². The summed E-state index contributed by atoms with van der Waals surface area (Å²) in [6, 6.07) is 0.136. The van der Waals surface area contributed by atoms with Gasteiger partial charge in [0, 0.05) is 12.6 Å². The number of alkyl carbamates (subject to hydrolysis) is 1. The Kier molecular flexibility index (Phi) is 6.47. The third kappa shape index (κ3) is 7.34. The molecular formula is C8H18N2O2. The minimum atomic E-state index is -0.345. The molecule has 0 saturated heterocycles. The third-order valence-corrected chi connectivity index (χ3v) is 1.17. The molecule has 0 unspecified atom stereocenters. The summed E-state index contributed by atoms with van der Waals surface area (Å²) in [7, 11) is 0. The van der Waals surface area contributed by atoms with Crippen LogP contribution in [0.25, 0.3) is 0 Å². The second kappa shape index (κ2) is 6.91. The molecule has 0 fully saturated rings.